The number of phenolic OH excluding ortho intramolecular Hbond substituents is 1. The number of carbonyl (C=O) groups is 2. The number of aromatic hydroxyl groups is 1. The molecule has 1 aliphatic rings. The van der Waals surface area contributed by atoms with Gasteiger partial charge in [-0.2, -0.15) is 0 Å². The van der Waals surface area contributed by atoms with E-state index in [-0.39, 0.29) is 28.4 Å². The third-order valence-corrected chi connectivity index (χ3v) is 5.61. The second kappa shape index (κ2) is 8.14. The SMILES string of the molecule is CC(CCc1ccccc1)Nc1ccc(N)c2c1C(=O)c1c(O)ccc([N+](=O)[O-])c1C2=O. The van der Waals surface area contributed by atoms with Crippen LogP contribution < -0.4 is 11.1 Å². The number of hydrogen-bond donors (Lipinski definition) is 3. The number of nitro groups is 1. The van der Waals surface area contributed by atoms with Gasteiger partial charge in [0.15, 0.2) is 0 Å². The van der Waals surface area contributed by atoms with Gasteiger partial charge in [-0.05, 0) is 43.5 Å². The van der Waals surface area contributed by atoms with Crippen molar-refractivity contribution in [3.8, 4) is 5.75 Å². The van der Waals surface area contributed by atoms with Gasteiger partial charge in [-0.1, -0.05) is 30.3 Å². The van der Waals surface area contributed by atoms with Crippen LogP contribution in [0.1, 0.15) is 50.8 Å². The van der Waals surface area contributed by atoms with E-state index in [4.69, 9.17) is 5.73 Å². The molecule has 0 fully saturated rings. The molecule has 0 bridgehead atoms. The fraction of sp³-hybridized carbons (Fsp3) is 0.167. The number of nitrogens with zero attached hydrogens (tertiary/aromatic N) is 1. The van der Waals surface area contributed by atoms with Crippen LogP contribution in [0.5, 0.6) is 5.75 Å². The number of anilines is 2. The van der Waals surface area contributed by atoms with Crippen LogP contribution in [-0.4, -0.2) is 27.6 Å². The van der Waals surface area contributed by atoms with Crippen LogP contribution in [0.2, 0.25) is 0 Å². The molecule has 32 heavy (non-hydrogen) atoms. The van der Waals surface area contributed by atoms with Gasteiger partial charge in [-0.25, -0.2) is 0 Å². The molecule has 8 heteroatoms. The lowest BCUT2D eigenvalue weighted by Crippen LogP contribution is -2.27. The van der Waals surface area contributed by atoms with E-state index in [0.717, 1.165) is 25.0 Å². The first-order valence-electron chi connectivity index (χ1n) is 10.1. The summed E-state index contributed by atoms with van der Waals surface area (Å²) in [5, 5.41) is 25.0. The largest absolute Gasteiger partial charge is 0.507 e. The second-order valence-electron chi connectivity index (χ2n) is 7.79. The molecule has 1 unspecified atom stereocenters. The van der Waals surface area contributed by atoms with Crippen molar-refractivity contribution in [2.75, 3.05) is 11.1 Å². The maximum Gasteiger partial charge on any atom is 0.281 e. The number of fused-ring (bicyclic) bond motifs is 2. The summed E-state index contributed by atoms with van der Waals surface area (Å²) in [6.45, 7) is 1.96. The van der Waals surface area contributed by atoms with E-state index < -0.39 is 33.5 Å². The first kappa shape index (κ1) is 21.0. The number of phenols is 1. The summed E-state index contributed by atoms with van der Waals surface area (Å²) < 4.78 is 0. The quantitative estimate of drug-likeness (QED) is 0.238. The zero-order valence-electron chi connectivity index (χ0n) is 17.3. The standard InChI is InChI=1S/C24H21N3O5/c1-13(7-8-14-5-3-2-4-6-14)26-16-10-9-15(25)19-20(16)24(30)22-18(28)12-11-17(27(31)32)21(22)23(19)29/h2-6,9-13,26,28H,7-8,25H2,1H3. The summed E-state index contributed by atoms with van der Waals surface area (Å²) >= 11 is 0. The molecule has 4 rings (SSSR count). The number of ketones is 2. The summed E-state index contributed by atoms with van der Waals surface area (Å²) in [7, 11) is 0. The first-order chi connectivity index (χ1) is 15.3. The van der Waals surface area contributed by atoms with Gasteiger partial charge in [0.25, 0.3) is 5.69 Å². The normalized spacial score (nSPS) is 13.3. The van der Waals surface area contributed by atoms with Crippen molar-refractivity contribution in [3.05, 3.63) is 92.5 Å². The van der Waals surface area contributed by atoms with Crippen molar-refractivity contribution in [2.24, 2.45) is 0 Å². The van der Waals surface area contributed by atoms with Crippen molar-refractivity contribution >= 4 is 28.6 Å². The van der Waals surface area contributed by atoms with Gasteiger partial charge >= 0.3 is 0 Å². The minimum atomic E-state index is -0.754. The molecule has 0 saturated carbocycles. The maximum absolute atomic E-state index is 13.4. The van der Waals surface area contributed by atoms with Crippen LogP contribution in [0.15, 0.2) is 54.6 Å². The Morgan fingerprint density at radius 2 is 1.66 bits per heavy atom. The van der Waals surface area contributed by atoms with E-state index in [1.807, 2.05) is 37.3 Å². The van der Waals surface area contributed by atoms with Crippen molar-refractivity contribution in [2.45, 2.75) is 25.8 Å². The average molecular weight is 431 g/mol. The predicted octanol–water partition coefficient (Wildman–Crippen LogP) is 4.09. The van der Waals surface area contributed by atoms with Crippen LogP contribution in [0.25, 0.3) is 0 Å². The van der Waals surface area contributed by atoms with Crippen molar-refractivity contribution in [3.63, 3.8) is 0 Å². The Labute approximate surface area is 183 Å². The Morgan fingerprint density at radius 1 is 0.969 bits per heavy atom. The highest BCUT2D eigenvalue weighted by Crippen LogP contribution is 2.42. The van der Waals surface area contributed by atoms with Crippen LogP contribution in [0, 0.1) is 10.1 Å². The molecule has 0 saturated heterocycles. The number of nitro benzene ring substituents is 1. The smallest absolute Gasteiger partial charge is 0.281 e. The molecule has 8 nitrogen and oxygen atoms in total. The zero-order chi connectivity index (χ0) is 23.0. The molecular formula is C24H21N3O5. The third-order valence-electron chi connectivity index (χ3n) is 5.61. The predicted molar refractivity (Wildman–Crippen MR) is 120 cm³/mol. The van der Waals surface area contributed by atoms with E-state index >= 15 is 0 Å². The van der Waals surface area contributed by atoms with Gasteiger partial charge in [-0.15, -0.1) is 0 Å². The first-order valence-corrected chi connectivity index (χ1v) is 10.1. The van der Waals surface area contributed by atoms with E-state index in [1.54, 1.807) is 6.07 Å². The number of aryl methyl sites for hydroxylation is 1. The van der Waals surface area contributed by atoms with Crippen LogP contribution in [-0.2, 0) is 6.42 Å². The van der Waals surface area contributed by atoms with Gasteiger partial charge in [0.2, 0.25) is 11.6 Å². The lowest BCUT2D eigenvalue weighted by atomic mass is 9.81. The molecule has 0 radical (unpaired) electrons. The minimum Gasteiger partial charge on any atom is -0.507 e. The zero-order valence-corrected chi connectivity index (χ0v) is 17.3. The molecule has 3 aromatic carbocycles. The summed E-state index contributed by atoms with van der Waals surface area (Å²) in [6, 6.07) is 15.1. The molecule has 0 amide bonds. The molecular weight excluding hydrogens is 410 g/mol. The number of nitrogens with one attached hydrogen (secondary N) is 1. The van der Waals surface area contributed by atoms with Gasteiger partial charge in [-0.3, -0.25) is 19.7 Å². The summed E-state index contributed by atoms with van der Waals surface area (Å²) in [5.74, 6) is -1.92. The lowest BCUT2D eigenvalue weighted by Gasteiger charge is -2.24. The van der Waals surface area contributed by atoms with E-state index in [9.17, 15) is 24.8 Å². The molecule has 4 N–H and O–H groups in total. The summed E-state index contributed by atoms with van der Waals surface area (Å²) in [6.07, 6.45) is 1.58. The molecule has 0 aromatic heterocycles. The third kappa shape index (κ3) is 3.56. The van der Waals surface area contributed by atoms with Crippen molar-refractivity contribution in [1.29, 1.82) is 0 Å². The number of carbonyl (C=O) groups excluding carboxylic acids is 2. The Hall–Kier alpha value is -4.20. The van der Waals surface area contributed by atoms with Crippen LogP contribution in [0.3, 0.4) is 0 Å². The highest BCUT2D eigenvalue weighted by molar-refractivity contribution is 6.33. The average Bonchev–Trinajstić information content (AvgIpc) is 2.77. The monoisotopic (exact) mass is 431 g/mol. The van der Waals surface area contributed by atoms with Gasteiger partial charge in [0.05, 0.1) is 21.6 Å². The molecule has 1 atom stereocenters. The topological polar surface area (TPSA) is 136 Å². The Morgan fingerprint density at radius 3 is 2.34 bits per heavy atom. The molecule has 0 heterocycles. The Balaban J connectivity index is 1.72. The number of rotatable bonds is 6. The van der Waals surface area contributed by atoms with Crippen LogP contribution in [0.4, 0.5) is 17.1 Å². The highest BCUT2D eigenvalue weighted by atomic mass is 16.6. The Bertz CT molecular complexity index is 1250. The number of hydrogen-bond acceptors (Lipinski definition) is 7. The van der Waals surface area contributed by atoms with Gasteiger partial charge < -0.3 is 16.2 Å². The van der Waals surface area contributed by atoms with Crippen LogP contribution >= 0.6 is 0 Å². The Kier molecular flexibility index (Phi) is 5.36. The highest BCUT2D eigenvalue weighted by Gasteiger charge is 2.40. The molecule has 162 valence electrons. The molecule has 1 aliphatic carbocycles. The molecule has 3 aromatic rings. The number of nitrogens with two attached hydrogens (primary N) is 1. The van der Waals surface area contributed by atoms with E-state index in [2.05, 4.69) is 5.32 Å². The van der Waals surface area contributed by atoms with Crippen molar-refractivity contribution < 1.29 is 19.6 Å². The fourth-order valence-corrected chi connectivity index (χ4v) is 4.03. The summed E-state index contributed by atoms with van der Waals surface area (Å²) in [5.41, 5.74) is 6.21. The molecule has 0 aliphatic heterocycles. The summed E-state index contributed by atoms with van der Waals surface area (Å²) in [4.78, 5) is 37.3. The van der Waals surface area contributed by atoms with Crippen molar-refractivity contribution in [1.82, 2.24) is 0 Å². The number of benzene rings is 3. The molecule has 0 spiro atoms. The maximum atomic E-state index is 13.4. The van der Waals surface area contributed by atoms with Gasteiger partial charge in [0.1, 0.15) is 11.3 Å². The number of nitrogen functional groups attached to an aromatic ring is 1. The second-order valence-corrected chi connectivity index (χ2v) is 7.79. The van der Waals surface area contributed by atoms with E-state index in [1.165, 1.54) is 11.6 Å². The fourth-order valence-electron chi connectivity index (χ4n) is 4.03. The van der Waals surface area contributed by atoms with E-state index in [0.29, 0.717) is 5.69 Å². The lowest BCUT2D eigenvalue weighted by molar-refractivity contribution is -0.385. The minimum absolute atomic E-state index is 0.0184. The van der Waals surface area contributed by atoms with Gasteiger partial charge in [0, 0.05) is 23.5 Å².